The number of methoxy groups -OCH3 is 1. The number of ether oxygens (including phenoxy) is 3. The number of amides is 1. The molecule has 5 nitrogen and oxygen atoms in total. The lowest BCUT2D eigenvalue weighted by Gasteiger charge is -2.15. The fourth-order valence-corrected chi connectivity index (χ4v) is 1.99. The highest BCUT2D eigenvalue weighted by atomic mass is 16.5. The molecule has 1 amide bonds. The maximum Gasteiger partial charge on any atom is 0.265 e. The van der Waals surface area contributed by atoms with Crippen molar-refractivity contribution < 1.29 is 19.0 Å². The van der Waals surface area contributed by atoms with E-state index in [1.807, 2.05) is 19.1 Å². The van der Waals surface area contributed by atoms with Crippen molar-refractivity contribution in [3.63, 3.8) is 0 Å². The van der Waals surface area contributed by atoms with Crippen molar-refractivity contribution in [2.75, 3.05) is 19.0 Å². The van der Waals surface area contributed by atoms with Crippen molar-refractivity contribution in [1.29, 1.82) is 0 Å². The average molecular weight is 315 g/mol. The Balaban J connectivity index is 1.95. The molecule has 122 valence electrons. The third-order valence-corrected chi connectivity index (χ3v) is 3.15. The SMILES string of the molecule is CCOc1cccc(NC(=O)C(C)Oc2ccc(OC)cc2)c1. The number of carbonyl (C=O) groups excluding carboxylic acids is 1. The largest absolute Gasteiger partial charge is 0.497 e. The van der Waals surface area contributed by atoms with Gasteiger partial charge in [-0.05, 0) is 50.2 Å². The summed E-state index contributed by atoms with van der Waals surface area (Å²) in [6.07, 6.45) is -0.626. The highest BCUT2D eigenvalue weighted by molar-refractivity contribution is 5.94. The second-order valence-corrected chi connectivity index (χ2v) is 4.89. The summed E-state index contributed by atoms with van der Waals surface area (Å²) in [5.41, 5.74) is 0.672. The quantitative estimate of drug-likeness (QED) is 0.849. The van der Waals surface area contributed by atoms with Crippen molar-refractivity contribution in [3.05, 3.63) is 48.5 Å². The molecule has 0 aliphatic carbocycles. The third-order valence-electron chi connectivity index (χ3n) is 3.15. The van der Waals surface area contributed by atoms with Crippen LogP contribution in [0.5, 0.6) is 17.2 Å². The molecule has 2 aromatic carbocycles. The molecular weight excluding hydrogens is 294 g/mol. The summed E-state index contributed by atoms with van der Waals surface area (Å²) in [4.78, 5) is 12.2. The van der Waals surface area contributed by atoms with Gasteiger partial charge in [-0.25, -0.2) is 0 Å². The number of benzene rings is 2. The van der Waals surface area contributed by atoms with E-state index < -0.39 is 6.10 Å². The smallest absolute Gasteiger partial charge is 0.265 e. The van der Waals surface area contributed by atoms with Crippen molar-refractivity contribution in [2.45, 2.75) is 20.0 Å². The van der Waals surface area contributed by atoms with Crippen LogP contribution < -0.4 is 19.5 Å². The lowest BCUT2D eigenvalue weighted by molar-refractivity contribution is -0.122. The lowest BCUT2D eigenvalue weighted by atomic mass is 10.2. The summed E-state index contributed by atoms with van der Waals surface area (Å²) in [5, 5.41) is 2.81. The van der Waals surface area contributed by atoms with Crippen molar-refractivity contribution in [2.24, 2.45) is 0 Å². The van der Waals surface area contributed by atoms with E-state index in [1.165, 1.54) is 0 Å². The van der Waals surface area contributed by atoms with E-state index in [0.29, 0.717) is 23.8 Å². The normalized spacial score (nSPS) is 11.4. The predicted molar refractivity (Wildman–Crippen MR) is 89.3 cm³/mol. The first kappa shape index (κ1) is 16.7. The van der Waals surface area contributed by atoms with Gasteiger partial charge in [-0.1, -0.05) is 6.07 Å². The van der Waals surface area contributed by atoms with E-state index in [2.05, 4.69) is 5.32 Å². The van der Waals surface area contributed by atoms with E-state index in [0.717, 1.165) is 5.75 Å². The standard InChI is InChI=1S/C18H21NO4/c1-4-22-17-7-5-6-14(12-17)19-18(20)13(2)23-16-10-8-15(21-3)9-11-16/h5-13H,4H2,1-3H3,(H,19,20). The van der Waals surface area contributed by atoms with Gasteiger partial charge >= 0.3 is 0 Å². The van der Waals surface area contributed by atoms with E-state index in [1.54, 1.807) is 50.4 Å². The zero-order valence-corrected chi connectivity index (χ0v) is 13.5. The van der Waals surface area contributed by atoms with Crippen LogP contribution in [-0.2, 0) is 4.79 Å². The molecule has 0 fully saturated rings. The molecule has 0 aliphatic rings. The molecule has 0 aliphatic heterocycles. The summed E-state index contributed by atoms with van der Waals surface area (Å²) in [6, 6.07) is 14.3. The Morgan fingerprint density at radius 1 is 1.09 bits per heavy atom. The molecular formula is C18H21NO4. The predicted octanol–water partition coefficient (Wildman–Crippen LogP) is 3.50. The van der Waals surface area contributed by atoms with Gasteiger partial charge in [0.15, 0.2) is 6.10 Å². The van der Waals surface area contributed by atoms with E-state index >= 15 is 0 Å². The number of carbonyl (C=O) groups is 1. The fraction of sp³-hybridized carbons (Fsp3) is 0.278. The van der Waals surface area contributed by atoms with Crippen LogP contribution in [0.2, 0.25) is 0 Å². The Morgan fingerprint density at radius 2 is 1.78 bits per heavy atom. The molecule has 0 spiro atoms. The van der Waals surface area contributed by atoms with Crippen LogP contribution in [-0.4, -0.2) is 25.7 Å². The van der Waals surface area contributed by atoms with E-state index in [4.69, 9.17) is 14.2 Å². The monoisotopic (exact) mass is 315 g/mol. The van der Waals surface area contributed by atoms with E-state index in [9.17, 15) is 4.79 Å². The topological polar surface area (TPSA) is 56.8 Å². The Morgan fingerprint density at radius 3 is 2.43 bits per heavy atom. The number of hydrogen-bond acceptors (Lipinski definition) is 4. The Bertz CT molecular complexity index is 640. The molecule has 1 unspecified atom stereocenters. The van der Waals surface area contributed by atoms with E-state index in [-0.39, 0.29) is 5.91 Å². The summed E-state index contributed by atoms with van der Waals surface area (Å²) >= 11 is 0. The van der Waals surface area contributed by atoms with Crippen LogP contribution in [0.3, 0.4) is 0 Å². The lowest BCUT2D eigenvalue weighted by Crippen LogP contribution is -2.30. The second kappa shape index (κ2) is 8.08. The fourth-order valence-electron chi connectivity index (χ4n) is 1.99. The Labute approximate surface area is 136 Å². The molecule has 2 aromatic rings. The molecule has 0 heterocycles. The first-order chi connectivity index (χ1) is 11.1. The molecule has 0 radical (unpaired) electrons. The maximum absolute atomic E-state index is 12.2. The van der Waals surface area contributed by atoms with Crippen LogP contribution in [0.1, 0.15) is 13.8 Å². The summed E-state index contributed by atoms with van der Waals surface area (Å²) in [5.74, 6) is 1.84. The van der Waals surface area contributed by atoms with Crippen LogP contribution >= 0.6 is 0 Å². The van der Waals surface area contributed by atoms with Crippen molar-refractivity contribution in [3.8, 4) is 17.2 Å². The summed E-state index contributed by atoms with van der Waals surface area (Å²) < 4.78 is 16.1. The zero-order chi connectivity index (χ0) is 16.7. The van der Waals surface area contributed by atoms with Gasteiger partial charge in [-0.15, -0.1) is 0 Å². The highest BCUT2D eigenvalue weighted by Gasteiger charge is 2.15. The number of hydrogen-bond donors (Lipinski definition) is 1. The molecule has 1 N–H and O–H groups in total. The highest BCUT2D eigenvalue weighted by Crippen LogP contribution is 2.20. The van der Waals surface area contributed by atoms with Crippen LogP contribution in [0.25, 0.3) is 0 Å². The molecule has 0 aromatic heterocycles. The average Bonchev–Trinajstić information content (AvgIpc) is 2.56. The maximum atomic E-state index is 12.2. The van der Waals surface area contributed by atoms with Gasteiger partial charge < -0.3 is 19.5 Å². The number of nitrogens with one attached hydrogen (secondary N) is 1. The van der Waals surface area contributed by atoms with Crippen LogP contribution in [0.4, 0.5) is 5.69 Å². The van der Waals surface area contributed by atoms with Gasteiger partial charge in [0.05, 0.1) is 13.7 Å². The summed E-state index contributed by atoms with van der Waals surface area (Å²) in [7, 11) is 1.60. The van der Waals surface area contributed by atoms with Crippen molar-refractivity contribution >= 4 is 11.6 Å². The minimum absolute atomic E-state index is 0.227. The van der Waals surface area contributed by atoms with Gasteiger partial charge in [-0.3, -0.25) is 4.79 Å². The third kappa shape index (κ3) is 4.92. The molecule has 2 rings (SSSR count). The van der Waals surface area contributed by atoms with Crippen LogP contribution in [0, 0.1) is 0 Å². The van der Waals surface area contributed by atoms with Gasteiger partial charge in [0.25, 0.3) is 5.91 Å². The molecule has 23 heavy (non-hydrogen) atoms. The zero-order valence-electron chi connectivity index (χ0n) is 13.5. The molecule has 0 saturated carbocycles. The Hall–Kier alpha value is -2.69. The molecule has 1 atom stereocenters. The number of anilines is 1. The van der Waals surface area contributed by atoms with Gasteiger partial charge in [0, 0.05) is 11.8 Å². The minimum atomic E-state index is -0.626. The molecule has 0 bridgehead atoms. The van der Waals surface area contributed by atoms with Crippen LogP contribution in [0.15, 0.2) is 48.5 Å². The minimum Gasteiger partial charge on any atom is -0.497 e. The van der Waals surface area contributed by atoms with Gasteiger partial charge in [0.2, 0.25) is 0 Å². The molecule has 5 heteroatoms. The van der Waals surface area contributed by atoms with Crippen molar-refractivity contribution in [1.82, 2.24) is 0 Å². The van der Waals surface area contributed by atoms with Gasteiger partial charge in [-0.2, -0.15) is 0 Å². The first-order valence-corrected chi connectivity index (χ1v) is 7.46. The second-order valence-electron chi connectivity index (χ2n) is 4.89. The molecule has 0 saturated heterocycles. The Kier molecular flexibility index (Phi) is 5.86. The summed E-state index contributed by atoms with van der Waals surface area (Å²) in [6.45, 7) is 4.19. The number of rotatable bonds is 7. The first-order valence-electron chi connectivity index (χ1n) is 7.46. The van der Waals surface area contributed by atoms with Gasteiger partial charge in [0.1, 0.15) is 17.2 Å².